The van der Waals surface area contributed by atoms with E-state index in [2.05, 4.69) is 10.1 Å². The van der Waals surface area contributed by atoms with E-state index in [0.29, 0.717) is 6.07 Å². The van der Waals surface area contributed by atoms with E-state index in [4.69, 9.17) is 0 Å². The molecule has 0 aromatic heterocycles. The molecule has 0 amide bonds. The lowest BCUT2D eigenvalue weighted by Gasteiger charge is -2.09. The Morgan fingerprint density at radius 2 is 2.15 bits per heavy atom. The molecule has 0 bridgehead atoms. The molecule has 9 heteroatoms. The van der Waals surface area contributed by atoms with Gasteiger partial charge in [-0.05, 0) is 13.0 Å². The molecule has 0 radical (unpaired) electrons. The average molecular weight is 292 g/mol. The number of halogens is 3. The van der Waals surface area contributed by atoms with Gasteiger partial charge in [-0.25, -0.2) is 18.0 Å². The maximum atomic E-state index is 13.5. The Kier molecular flexibility index (Phi) is 5.30. The first kappa shape index (κ1) is 15.7. The molecule has 1 rings (SSSR count). The minimum Gasteiger partial charge on any atom is -0.462 e. The zero-order valence-electron chi connectivity index (χ0n) is 10.4. The summed E-state index contributed by atoms with van der Waals surface area (Å²) >= 11 is 0. The molecule has 0 saturated carbocycles. The highest BCUT2D eigenvalue weighted by atomic mass is 19.3. The molecule has 20 heavy (non-hydrogen) atoms. The van der Waals surface area contributed by atoms with Gasteiger partial charge in [0, 0.05) is 0 Å². The van der Waals surface area contributed by atoms with Gasteiger partial charge in [0.2, 0.25) is 0 Å². The standard InChI is InChI=1S/C11H11F3N2O4/c1-2-20-11(17)6-3-8(15-5-10(13)14)7(12)4-9(6)16(18)19/h3-4,10,15H,2,5H2,1H3. The summed E-state index contributed by atoms with van der Waals surface area (Å²) in [6.07, 6.45) is -2.74. The summed E-state index contributed by atoms with van der Waals surface area (Å²) in [4.78, 5) is 21.3. The van der Waals surface area contributed by atoms with Gasteiger partial charge in [-0.3, -0.25) is 10.1 Å². The molecule has 0 heterocycles. The van der Waals surface area contributed by atoms with Crippen molar-refractivity contribution in [3.63, 3.8) is 0 Å². The molecule has 110 valence electrons. The third kappa shape index (κ3) is 3.84. The number of rotatable bonds is 6. The monoisotopic (exact) mass is 292 g/mol. The fraction of sp³-hybridized carbons (Fsp3) is 0.364. The minimum atomic E-state index is -2.74. The van der Waals surface area contributed by atoms with E-state index >= 15 is 0 Å². The molecule has 0 aliphatic rings. The van der Waals surface area contributed by atoms with Gasteiger partial charge in [-0.2, -0.15) is 0 Å². The topological polar surface area (TPSA) is 81.5 Å². The van der Waals surface area contributed by atoms with Crippen LogP contribution in [0.5, 0.6) is 0 Å². The van der Waals surface area contributed by atoms with Crippen LogP contribution >= 0.6 is 0 Å². The van der Waals surface area contributed by atoms with E-state index in [-0.39, 0.29) is 6.61 Å². The number of carbonyl (C=O) groups is 1. The molecule has 0 aliphatic carbocycles. The van der Waals surface area contributed by atoms with E-state index in [9.17, 15) is 28.1 Å². The first-order valence-electron chi connectivity index (χ1n) is 5.53. The highest BCUT2D eigenvalue weighted by Crippen LogP contribution is 2.27. The first-order valence-corrected chi connectivity index (χ1v) is 5.53. The lowest BCUT2D eigenvalue weighted by molar-refractivity contribution is -0.385. The highest BCUT2D eigenvalue weighted by molar-refractivity contribution is 5.95. The Bertz CT molecular complexity index is 523. The molecule has 1 aromatic carbocycles. The van der Waals surface area contributed by atoms with E-state index in [1.54, 1.807) is 0 Å². The number of alkyl halides is 2. The second-order valence-corrected chi connectivity index (χ2v) is 3.60. The molecule has 6 nitrogen and oxygen atoms in total. The van der Waals surface area contributed by atoms with Crippen molar-refractivity contribution < 1.29 is 27.6 Å². The number of carbonyl (C=O) groups excluding carboxylic acids is 1. The molecule has 0 atom stereocenters. The van der Waals surface area contributed by atoms with Crippen LogP contribution < -0.4 is 5.32 Å². The minimum absolute atomic E-state index is 0.0346. The predicted molar refractivity (Wildman–Crippen MR) is 63.5 cm³/mol. The molecule has 0 fully saturated rings. The SMILES string of the molecule is CCOC(=O)c1cc(NCC(F)F)c(F)cc1[N+](=O)[O-]. The summed E-state index contributed by atoms with van der Waals surface area (Å²) in [7, 11) is 0. The van der Waals surface area contributed by atoms with E-state index in [1.807, 2.05) is 0 Å². The van der Waals surface area contributed by atoms with Crippen molar-refractivity contribution in [2.45, 2.75) is 13.3 Å². The summed E-state index contributed by atoms with van der Waals surface area (Å²) in [5.41, 5.74) is -1.72. The molecule has 0 aliphatic heterocycles. The number of nitrogens with one attached hydrogen (secondary N) is 1. The molecule has 0 unspecified atom stereocenters. The van der Waals surface area contributed by atoms with Crippen molar-refractivity contribution in [1.29, 1.82) is 0 Å². The Balaban J connectivity index is 3.20. The Morgan fingerprint density at radius 1 is 1.50 bits per heavy atom. The number of nitro benzene ring substituents is 1. The average Bonchev–Trinajstić information content (AvgIpc) is 2.36. The van der Waals surface area contributed by atoms with Crippen LogP contribution in [-0.2, 0) is 4.74 Å². The number of esters is 1. The third-order valence-electron chi connectivity index (χ3n) is 2.22. The zero-order chi connectivity index (χ0) is 15.3. The smallest absolute Gasteiger partial charge is 0.345 e. The van der Waals surface area contributed by atoms with Crippen LogP contribution in [0.2, 0.25) is 0 Å². The van der Waals surface area contributed by atoms with Gasteiger partial charge in [0.1, 0.15) is 5.56 Å². The normalized spacial score (nSPS) is 10.4. The third-order valence-corrected chi connectivity index (χ3v) is 2.22. The van der Waals surface area contributed by atoms with Crippen molar-refractivity contribution in [3.8, 4) is 0 Å². The van der Waals surface area contributed by atoms with Crippen molar-refractivity contribution in [3.05, 3.63) is 33.6 Å². The van der Waals surface area contributed by atoms with Crippen molar-refractivity contribution in [1.82, 2.24) is 0 Å². The molecule has 1 N–H and O–H groups in total. The number of anilines is 1. The zero-order valence-corrected chi connectivity index (χ0v) is 10.4. The summed E-state index contributed by atoms with van der Waals surface area (Å²) in [6.45, 7) is 0.605. The van der Waals surface area contributed by atoms with E-state index in [0.717, 1.165) is 6.07 Å². The van der Waals surface area contributed by atoms with Gasteiger partial charge in [0.25, 0.3) is 12.1 Å². The van der Waals surface area contributed by atoms with Gasteiger partial charge < -0.3 is 10.1 Å². The van der Waals surface area contributed by atoms with Crippen LogP contribution in [0.4, 0.5) is 24.5 Å². The maximum absolute atomic E-state index is 13.5. The van der Waals surface area contributed by atoms with Gasteiger partial charge in [0.15, 0.2) is 5.82 Å². The number of hydrogen-bond donors (Lipinski definition) is 1. The quantitative estimate of drug-likeness (QED) is 0.495. The van der Waals surface area contributed by atoms with Crippen molar-refractivity contribution >= 4 is 17.3 Å². The van der Waals surface area contributed by atoms with Crippen LogP contribution in [-0.4, -0.2) is 30.5 Å². The second kappa shape index (κ2) is 6.73. The Morgan fingerprint density at radius 3 is 2.65 bits per heavy atom. The number of nitrogens with zero attached hydrogens (tertiary/aromatic N) is 1. The van der Waals surface area contributed by atoms with Gasteiger partial charge in [-0.15, -0.1) is 0 Å². The van der Waals surface area contributed by atoms with Gasteiger partial charge in [-0.1, -0.05) is 0 Å². The predicted octanol–water partition coefficient (Wildman–Crippen LogP) is 2.59. The number of nitro groups is 1. The number of ether oxygens (including phenoxy) is 1. The van der Waals surface area contributed by atoms with Crippen molar-refractivity contribution in [2.24, 2.45) is 0 Å². The van der Waals surface area contributed by atoms with E-state index in [1.165, 1.54) is 6.92 Å². The second-order valence-electron chi connectivity index (χ2n) is 3.60. The van der Waals surface area contributed by atoms with Gasteiger partial charge in [0.05, 0.1) is 29.8 Å². The molecular weight excluding hydrogens is 281 g/mol. The van der Waals surface area contributed by atoms with Crippen LogP contribution in [0.25, 0.3) is 0 Å². The fourth-order valence-corrected chi connectivity index (χ4v) is 1.41. The lowest BCUT2D eigenvalue weighted by Crippen LogP contribution is -2.14. The summed E-state index contributed by atoms with van der Waals surface area (Å²) in [6, 6.07) is 1.27. The Hall–Kier alpha value is -2.32. The molecule has 0 saturated heterocycles. The van der Waals surface area contributed by atoms with Crippen LogP contribution in [0.1, 0.15) is 17.3 Å². The molecular formula is C11H11F3N2O4. The summed E-state index contributed by atoms with van der Waals surface area (Å²) in [5.74, 6) is -2.13. The van der Waals surface area contributed by atoms with Gasteiger partial charge >= 0.3 is 5.97 Å². The van der Waals surface area contributed by atoms with Crippen LogP contribution in [0, 0.1) is 15.9 Å². The number of benzene rings is 1. The first-order chi connectivity index (χ1) is 9.36. The lowest BCUT2D eigenvalue weighted by atomic mass is 10.1. The highest BCUT2D eigenvalue weighted by Gasteiger charge is 2.24. The van der Waals surface area contributed by atoms with Crippen molar-refractivity contribution in [2.75, 3.05) is 18.5 Å². The van der Waals surface area contributed by atoms with E-state index < -0.39 is 46.6 Å². The maximum Gasteiger partial charge on any atom is 0.345 e. The molecule has 1 aromatic rings. The van der Waals surface area contributed by atoms with Crippen LogP contribution in [0.3, 0.4) is 0 Å². The summed E-state index contributed by atoms with van der Waals surface area (Å²) in [5, 5.41) is 12.8. The Labute approximate surface area is 111 Å². The molecule has 0 spiro atoms. The summed E-state index contributed by atoms with van der Waals surface area (Å²) < 4.78 is 42.2. The van der Waals surface area contributed by atoms with Crippen LogP contribution in [0.15, 0.2) is 12.1 Å². The number of hydrogen-bond acceptors (Lipinski definition) is 5. The largest absolute Gasteiger partial charge is 0.462 e. The fourth-order valence-electron chi connectivity index (χ4n) is 1.41.